The molecule has 1 heterocycles. The van der Waals surface area contributed by atoms with E-state index in [1.165, 1.54) is 16.9 Å². The van der Waals surface area contributed by atoms with E-state index < -0.39 is 31.4 Å². The molecule has 6 nitrogen and oxygen atoms in total. The number of aryl methyl sites for hydroxylation is 1. The van der Waals surface area contributed by atoms with Crippen LogP contribution in [-0.2, 0) is 20.6 Å². The normalized spacial score (nSPS) is 23.7. The van der Waals surface area contributed by atoms with Gasteiger partial charge in [-0.1, -0.05) is 62.4 Å². The average Bonchev–Trinajstić information content (AvgIpc) is 3.19. The fourth-order valence-corrected chi connectivity index (χ4v) is 6.51. The van der Waals surface area contributed by atoms with Gasteiger partial charge in [-0.3, -0.25) is 9.36 Å². The van der Waals surface area contributed by atoms with E-state index in [1.807, 2.05) is 30.3 Å². The van der Waals surface area contributed by atoms with E-state index in [0.29, 0.717) is 25.3 Å². The maximum Gasteiger partial charge on any atom is 1.00 e. The summed E-state index contributed by atoms with van der Waals surface area (Å²) in [6, 6.07) is 8.97. The van der Waals surface area contributed by atoms with Crippen LogP contribution in [0, 0.1) is 11.8 Å². The van der Waals surface area contributed by atoms with Crippen LogP contribution in [0.4, 0.5) is 0 Å². The van der Waals surface area contributed by atoms with Crippen LogP contribution < -0.4 is 24.0 Å². The minimum absolute atomic E-state index is 0. The number of hydrogen-bond acceptors (Lipinski definition) is 4. The third kappa shape index (κ3) is 7.79. The van der Waals surface area contributed by atoms with Gasteiger partial charge in [0, 0.05) is 12.7 Å². The van der Waals surface area contributed by atoms with Crippen molar-refractivity contribution in [2.75, 3.05) is 18.9 Å². The molecule has 2 fully saturated rings. The van der Waals surface area contributed by atoms with E-state index in [9.17, 15) is 24.2 Å². The van der Waals surface area contributed by atoms with Crippen LogP contribution in [0.2, 0.25) is 0 Å². The predicted octanol–water partition coefficient (Wildman–Crippen LogP) is -0.169. The fraction of sp³-hybridized carbons (Fsp3) is 0.652. The van der Waals surface area contributed by atoms with Crippen molar-refractivity contribution in [2.45, 2.75) is 63.8 Å². The number of carbonyl (C=O) groups is 2. The zero-order valence-corrected chi connectivity index (χ0v) is 19.5. The molecule has 1 saturated heterocycles. The van der Waals surface area contributed by atoms with Crippen LogP contribution in [0.1, 0.15) is 56.9 Å². The summed E-state index contributed by atoms with van der Waals surface area (Å²) in [5.74, 6) is -1.17. The number of rotatable bonds is 9. The number of carboxylic acids is 1. The van der Waals surface area contributed by atoms with E-state index >= 15 is 0 Å². The van der Waals surface area contributed by atoms with Crippen LogP contribution >= 0.6 is 7.37 Å². The number of amides is 1. The third-order valence-corrected chi connectivity index (χ3v) is 8.47. The van der Waals surface area contributed by atoms with Crippen molar-refractivity contribution in [1.82, 2.24) is 4.90 Å². The van der Waals surface area contributed by atoms with Crippen LogP contribution in [0.25, 0.3) is 0 Å². The number of carbonyl (C=O) groups excluding carboxylic acids is 2. The van der Waals surface area contributed by atoms with Gasteiger partial charge in [0.15, 0.2) is 0 Å². The summed E-state index contributed by atoms with van der Waals surface area (Å²) < 4.78 is 12.6. The van der Waals surface area contributed by atoms with Crippen molar-refractivity contribution in [1.29, 1.82) is 0 Å². The summed E-state index contributed by atoms with van der Waals surface area (Å²) in [5.41, 5.74) is 1.18. The van der Waals surface area contributed by atoms with Gasteiger partial charge >= 0.3 is 18.9 Å². The Kier molecular flexibility index (Phi) is 10.4. The Labute approximate surface area is 197 Å². The van der Waals surface area contributed by atoms with Gasteiger partial charge in [-0.15, -0.1) is 0 Å². The Bertz CT molecular complexity index is 768. The maximum absolute atomic E-state index is 12.8. The molecule has 0 radical (unpaired) electrons. The van der Waals surface area contributed by atoms with Gasteiger partial charge in [-0.2, -0.15) is 0 Å². The third-order valence-electron chi connectivity index (χ3n) is 6.69. The summed E-state index contributed by atoms with van der Waals surface area (Å²) in [6.45, 7) is 0.371. The van der Waals surface area contributed by atoms with E-state index in [2.05, 4.69) is 0 Å². The van der Waals surface area contributed by atoms with Gasteiger partial charge in [0.25, 0.3) is 0 Å². The monoisotopic (exact) mass is 441 g/mol. The molecule has 1 unspecified atom stereocenters. The van der Waals surface area contributed by atoms with Gasteiger partial charge in [-0.25, -0.2) is 0 Å². The van der Waals surface area contributed by atoms with Gasteiger partial charge < -0.3 is 19.7 Å². The van der Waals surface area contributed by atoms with Crippen molar-refractivity contribution in [3.05, 3.63) is 35.9 Å². The second-order valence-electron chi connectivity index (χ2n) is 8.95. The molecule has 0 aromatic heterocycles. The molecule has 1 amide bonds. The van der Waals surface area contributed by atoms with Crippen LogP contribution in [-0.4, -0.2) is 46.6 Å². The first-order valence-corrected chi connectivity index (χ1v) is 13.2. The Hall–Kier alpha value is -1.05. The molecule has 1 aliphatic heterocycles. The Balaban J connectivity index is 0.00000341. The molecule has 1 saturated carbocycles. The van der Waals surface area contributed by atoms with Crippen molar-refractivity contribution in [3.63, 3.8) is 0 Å². The summed E-state index contributed by atoms with van der Waals surface area (Å²) in [6.07, 6.45) is 7.86. The van der Waals surface area contributed by atoms with Crippen LogP contribution in [0.5, 0.6) is 0 Å². The number of likely N-dealkylation sites (tertiary alicyclic amines) is 1. The Morgan fingerprint density at radius 1 is 1.06 bits per heavy atom. The molecular formula is C23H33LiNO5P. The molecule has 166 valence electrons. The number of benzene rings is 1. The molecule has 31 heavy (non-hydrogen) atoms. The second-order valence-corrected chi connectivity index (χ2v) is 11.4. The number of hydrogen-bond donors (Lipinski definition) is 1. The molecule has 1 aromatic rings. The van der Waals surface area contributed by atoms with Gasteiger partial charge in [0.1, 0.15) is 6.16 Å². The fourth-order valence-electron chi connectivity index (χ4n) is 5.03. The van der Waals surface area contributed by atoms with E-state index in [4.69, 9.17) is 0 Å². The van der Waals surface area contributed by atoms with E-state index in [1.54, 1.807) is 0 Å². The number of nitrogens with zero attached hydrogens (tertiary/aromatic N) is 1. The minimum atomic E-state index is -3.64. The average molecular weight is 441 g/mol. The van der Waals surface area contributed by atoms with Gasteiger partial charge in [0.05, 0.1) is 12.0 Å². The zero-order valence-electron chi connectivity index (χ0n) is 18.6. The number of unbranched alkanes of at least 4 members (excludes halogenated alkanes) is 1. The molecule has 0 bridgehead atoms. The van der Waals surface area contributed by atoms with Crippen molar-refractivity contribution < 1.29 is 43.0 Å². The predicted molar refractivity (Wildman–Crippen MR) is 114 cm³/mol. The molecule has 0 spiro atoms. The smallest absolute Gasteiger partial charge is 0.548 e. The molecule has 3 atom stereocenters. The first kappa shape index (κ1) is 26.2. The van der Waals surface area contributed by atoms with E-state index in [-0.39, 0.29) is 30.9 Å². The molecule has 3 rings (SSSR count). The SMILES string of the molecule is O=C([O-])[C@@H]1C[C@@H](C2CCCCC2)CN1C(=O)CP(=O)(O)CCCCc1ccccc1.[Li+]. The number of aliphatic carboxylic acids is 1. The van der Waals surface area contributed by atoms with Gasteiger partial charge in [-0.05, 0) is 43.1 Å². The van der Waals surface area contributed by atoms with E-state index in [0.717, 1.165) is 38.5 Å². The molecule has 1 N–H and O–H groups in total. The summed E-state index contributed by atoms with van der Waals surface area (Å²) in [7, 11) is -3.64. The molecule has 1 aromatic carbocycles. The van der Waals surface area contributed by atoms with Crippen LogP contribution in [0.15, 0.2) is 30.3 Å². The summed E-state index contributed by atoms with van der Waals surface area (Å²) >= 11 is 0. The minimum Gasteiger partial charge on any atom is -0.548 e. The Morgan fingerprint density at radius 3 is 2.39 bits per heavy atom. The summed E-state index contributed by atoms with van der Waals surface area (Å²) in [4.78, 5) is 36.0. The summed E-state index contributed by atoms with van der Waals surface area (Å²) in [5, 5.41) is 11.6. The maximum atomic E-state index is 12.8. The first-order valence-electron chi connectivity index (χ1n) is 11.2. The zero-order chi connectivity index (χ0) is 21.6. The first-order chi connectivity index (χ1) is 14.4. The van der Waals surface area contributed by atoms with Crippen LogP contribution in [0.3, 0.4) is 0 Å². The second kappa shape index (κ2) is 12.3. The van der Waals surface area contributed by atoms with Crippen molar-refractivity contribution in [3.8, 4) is 0 Å². The van der Waals surface area contributed by atoms with Crippen molar-refractivity contribution >= 4 is 19.2 Å². The van der Waals surface area contributed by atoms with Gasteiger partial charge in [0.2, 0.25) is 13.3 Å². The number of carboxylic acid groups (broad SMARTS) is 1. The quantitative estimate of drug-likeness (QED) is 0.326. The largest absolute Gasteiger partial charge is 1.00 e. The molecule has 2 aliphatic rings. The molecule has 1 aliphatic carbocycles. The molecule has 8 heteroatoms. The molecular weight excluding hydrogens is 408 g/mol. The van der Waals surface area contributed by atoms with Crippen molar-refractivity contribution in [2.24, 2.45) is 11.8 Å². The Morgan fingerprint density at radius 2 is 1.74 bits per heavy atom. The standard InChI is InChI=1S/C23H34NO5P.Li/c25-22(17-30(28,29)14-8-7-11-18-9-3-1-4-10-18)24-16-20(15-21(24)23(26)27)19-12-5-2-6-13-19;/h1,3-4,9-10,19-21H,2,5-8,11-17H2,(H,26,27)(H,28,29);/q;+1/p-1/t20-,21+;/m1./s1. The topological polar surface area (TPSA) is 97.7 Å².